The Labute approximate surface area is 127 Å². The maximum Gasteiger partial charge on any atom is 0.321 e. The number of nitrogens with zero attached hydrogens (tertiary/aromatic N) is 1. The first-order chi connectivity index (χ1) is 10.0. The molecule has 0 radical (unpaired) electrons. The lowest BCUT2D eigenvalue weighted by atomic mass is 9.98. The summed E-state index contributed by atoms with van der Waals surface area (Å²) in [5, 5.41) is 6.46. The second-order valence-electron chi connectivity index (χ2n) is 6.31. The first kappa shape index (κ1) is 15.8. The Morgan fingerprint density at radius 1 is 1.33 bits per heavy atom. The highest BCUT2D eigenvalue weighted by molar-refractivity contribution is 5.89. The molecule has 0 aromatic heterocycles. The SMILES string of the molecule is Cc1ccc(NC(=O)N2CCCC(CNC(C)C)C2)cc1. The molecule has 1 aromatic rings. The molecule has 2 amide bonds. The minimum atomic E-state index is 0.0214. The number of anilines is 1. The third-order valence-electron chi connectivity index (χ3n) is 3.92. The molecule has 1 aliphatic rings. The molecule has 1 saturated heterocycles. The summed E-state index contributed by atoms with van der Waals surface area (Å²) >= 11 is 0. The van der Waals surface area contributed by atoms with E-state index in [4.69, 9.17) is 0 Å². The normalized spacial score (nSPS) is 18.9. The van der Waals surface area contributed by atoms with Gasteiger partial charge in [0.1, 0.15) is 0 Å². The van der Waals surface area contributed by atoms with Crippen LogP contribution in [-0.2, 0) is 0 Å². The number of amides is 2. The van der Waals surface area contributed by atoms with Gasteiger partial charge in [0.15, 0.2) is 0 Å². The van der Waals surface area contributed by atoms with Gasteiger partial charge in [0.2, 0.25) is 0 Å². The van der Waals surface area contributed by atoms with Gasteiger partial charge in [-0.05, 0) is 44.4 Å². The number of hydrogen-bond donors (Lipinski definition) is 2. The van der Waals surface area contributed by atoms with Crippen LogP contribution in [0.5, 0.6) is 0 Å². The Kier molecular flexibility index (Phi) is 5.62. The smallest absolute Gasteiger partial charge is 0.321 e. The molecule has 0 spiro atoms. The zero-order chi connectivity index (χ0) is 15.2. The van der Waals surface area contributed by atoms with Gasteiger partial charge in [0.05, 0.1) is 0 Å². The van der Waals surface area contributed by atoms with Gasteiger partial charge in [-0.2, -0.15) is 0 Å². The van der Waals surface area contributed by atoms with Crippen molar-refractivity contribution in [1.29, 1.82) is 0 Å². The highest BCUT2D eigenvalue weighted by Crippen LogP contribution is 2.17. The molecule has 1 heterocycles. The van der Waals surface area contributed by atoms with Crippen LogP contribution in [0.25, 0.3) is 0 Å². The van der Waals surface area contributed by atoms with E-state index in [1.54, 1.807) is 0 Å². The average Bonchev–Trinajstić information content (AvgIpc) is 2.48. The molecule has 0 aliphatic carbocycles. The molecule has 116 valence electrons. The average molecular weight is 289 g/mol. The Morgan fingerprint density at radius 3 is 2.71 bits per heavy atom. The molecule has 2 N–H and O–H groups in total. The van der Waals surface area contributed by atoms with Gasteiger partial charge in [-0.25, -0.2) is 4.79 Å². The van der Waals surface area contributed by atoms with Crippen LogP contribution in [0.1, 0.15) is 32.3 Å². The van der Waals surface area contributed by atoms with Crippen LogP contribution in [0.15, 0.2) is 24.3 Å². The van der Waals surface area contributed by atoms with Gasteiger partial charge in [-0.3, -0.25) is 0 Å². The maximum absolute atomic E-state index is 12.3. The summed E-state index contributed by atoms with van der Waals surface area (Å²) in [6.45, 7) is 9.05. The Bertz CT molecular complexity index is 456. The Balaban J connectivity index is 1.85. The molecule has 1 aliphatic heterocycles. The number of urea groups is 1. The number of aryl methyl sites for hydroxylation is 1. The summed E-state index contributed by atoms with van der Waals surface area (Å²) in [6.07, 6.45) is 2.29. The topological polar surface area (TPSA) is 44.4 Å². The molecule has 0 saturated carbocycles. The third kappa shape index (κ3) is 5.05. The van der Waals surface area contributed by atoms with Crippen LogP contribution in [-0.4, -0.2) is 36.6 Å². The molecule has 1 fully saturated rings. The van der Waals surface area contributed by atoms with Crippen molar-refractivity contribution >= 4 is 11.7 Å². The summed E-state index contributed by atoms with van der Waals surface area (Å²) in [7, 11) is 0. The Hall–Kier alpha value is -1.55. The second-order valence-corrected chi connectivity index (χ2v) is 6.31. The van der Waals surface area contributed by atoms with Crippen molar-refractivity contribution in [2.75, 3.05) is 25.0 Å². The van der Waals surface area contributed by atoms with Crippen molar-refractivity contribution in [3.05, 3.63) is 29.8 Å². The minimum Gasteiger partial charge on any atom is -0.324 e. The largest absolute Gasteiger partial charge is 0.324 e. The van der Waals surface area contributed by atoms with Crippen LogP contribution in [0, 0.1) is 12.8 Å². The summed E-state index contributed by atoms with van der Waals surface area (Å²) in [6, 6.07) is 8.46. The van der Waals surface area contributed by atoms with Gasteiger partial charge < -0.3 is 15.5 Å². The lowest BCUT2D eigenvalue weighted by Gasteiger charge is -2.33. The lowest BCUT2D eigenvalue weighted by Crippen LogP contribution is -2.45. The summed E-state index contributed by atoms with van der Waals surface area (Å²) < 4.78 is 0. The first-order valence-corrected chi connectivity index (χ1v) is 7.90. The van der Waals surface area contributed by atoms with Crippen molar-refractivity contribution in [2.24, 2.45) is 5.92 Å². The zero-order valence-corrected chi connectivity index (χ0v) is 13.4. The van der Waals surface area contributed by atoms with Crippen molar-refractivity contribution < 1.29 is 4.79 Å². The number of nitrogens with one attached hydrogen (secondary N) is 2. The molecule has 0 bridgehead atoms. The van der Waals surface area contributed by atoms with E-state index in [0.717, 1.165) is 31.7 Å². The standard InChI is InChI=1S/C17H27N3O/c1-13(2)18-11-15-5-4-10-20(12-15)17(21)19-16-8-6-14(3)7-9-16/h6-9,13,15,18H,4-5,10-12H2,1-3H3,(H,19,21). The highest BCUT2D eigenvalue weighted by atomic mass is 16.2. The predicted molar refractivity (Wildman–Crippen MR) is 87.6 cm³/mol. The van der Waals surface area contributed by atoms with Crippen molar-refractivity contribution in [1.82, 2.24) is 10.2 Å². The van der Waals surface area contributed by atoms with Crippen LogP contribution in [0.3, 0.4) is 0 Å². The third-order valence-corrected chi connectivity index (χ3v) is 3.92. The van der Waals surface area contributed by atoms with Crippen LogP contribution >= 0.6 is 0 Å². The fourth-order valence-electron chi connectivity index (χ4n) is 2.66. The van der Waals surface area contributed by atoms with E-state index in [1.165, 1.54) is 12.0 Å². The quantitative estimate of drug-likeness (QED) is 0.893. The van der Waals surface area contributed by atoms with E-state index >= 15 is 0 Å². The number of benzene rings is 1. The number of carbonyl (C=O) groups is 1. The van der Waals surface area contributed by atoms with Gasteiger partial charge in [-0.1, -0.05) is 31.5 Å². The number of rotatable bonds is 4. The molecule has 2 rings (SSSR count). The van der Waals surface area contributed by atoms with Crippen LogP contribution in [0.4, 0.5) is 10.5 Å². The molecule has 1 unspecified atom stereocenters. The fraction of sp³-hybridized carbons (Fsp3) is 0.588. The number of carbonyl (C=O) groups excluding carboxylic acids is 1. The molecular weight excluding hydrogens is 262 g/mol. The van der Waals surface area contributed by atoms with Crippen molar-refractivity contribution in [2.45, 2.75) is 39.7 Å². The molecule has 4 heteroatoms. The molecule has 21 heavy (non-hydrogen) atoms. The van der Waals surface area contributed by atoms with Crippen molar-refractivity contribution in [3.63, 3.8) is 0 Å². The molecule has 4 nitrogen and oxygen atoms in total. The maximum atomic E-state index is 12.3. The number of likely N-dealkylation sites (tertiary alicyclic amines) is 1. The van der Waals surface area contributed by atoms with E-state index in [-0.39, 0.29) is 6.03 Å². The highest BCUT2D eigenvalue weighted by Gasteiger charge is 2.23. The van der Waals surface area contributed by atoms with Gasteiger partial charge >= 0.3 is 6.03 Å². The summed E-state index contributed by atoms with van der Waals surface area (Å²) in [4.78, 5) is 14.3. The molecule has 1 atom stereocenters. The van der Waals surface area contributed by atoms with E-state index in [2.05, 4.69) is 24.5 Å². The van der Waals surface area contributed by atoms with Gasteiger partial charge in [0, 0.05) is 24.8 Å². The monoisotopic (exact) mass is 289 g/mol. The first-order valence-electron chi connectivity index (χ1n) is 7.90. The minimum absolute atomic E-state index is 0.0214. The zero-order valence-electron chi connectivity index (χ0n) is 13.4. The van der Waals surface area contributed by atoms with Crippen LogP contribution in [0.2, 0.25) is 0 Å². The van der Waals surface area contributed by atoms with Crippen LogP contribution < -0.4 is 10.6 Å². The van der Waals surface area contributed by atoms with E-state index in [9.17, 15) is 4.79 Å². The summed E-state index contributed by atoms with van der Waals surface area (Å²) in [5.74, 6) is 0.560. The fourth-order valence-corrected chi connectivity index (χ4v) is 2.66. The predicted octanol–water partition coefficient (Wildman–Crippen LogP) is 3.24. The number of piperidine rings is 1. The van der Waals surface area contributed by atoms with Gasteiger partial charge in [0.25, 0.3) is 0 Å². The van der Waals surface area contributed by atoms with Crippen molar-refractivity contribution in [3.8, 4) is 0 Å². The molecular formula is C17H27N3O. The molecule has 1 aromatic carbocycles. The summed E-state index contributed by atoms with van der Waals surface area (Å²) in [5.41, 5.74) is 2.07. The van der Waals surface area contributed by atoms with E-state index in [1.807, 2.05) is 36.1 Å². The Morgan fingerprint density at radius 2 is 2.05 bits per heavy atom. The second kappa shape index (κ2) is 7.46. The van der Waals surface area contributed by atoms with Gasteiger partial charge in [-0.15, -0.1) is 0 Å². The lowest BCUT2D eigenvalue weighted by molar-refractivity contribution is 0.175. The van der Waals surface area contributed by atoms with E-state index in [0.29, 0.717) is 12.0 Å². The number of hydrogen-bond acceptors (Lipinski definition) is 2. The van der Waals surface area contributed by atoms with E-state index < -0.39 is 0 Å².